The molecule has 1 heterocycles. The first-order valence-corrected chi connectivity index (χ1v) is 6.68. The van der Waals surface area contributed by atoms with Crippen LogP contribution in [0.5, 0.6) is 0 Å². The Morgan fingerprint density at radius 3 is 2.79 bits per heavy atom. The van der Waals surface area contributed by atoms with Crippen molar-refractivity contribution in [3.8, 4) is 0 Å². The first-order valence-electron chi connectivity index (χ1n) is 6.68. The SMILES string of the molecule is C=C(/C=C(\C)C(=O)/C=C\C)N1CC2(CC2)OC[C@H]1N. The minimum absolute atomic E-state index is 0.00607. The van der Waals surface area contributed by atoms with E-state index in [0.29, 0.717) is 12.2 Å². The van der Waals surface area contributed by atoms with Crippen LogP contribution in [-0.2, 0) is 9.53 Å². The van der Waals surface area contributed by atoms with Gasteiger partial charge in [-0.1, -0.05) is 12.7 Å². The van der Waals surface area contributed by atoms with Crippen LogP contribution in [0.2, 0.25) is 0 Å². The Balaban J connectivity index is 2.05. The van der Waals surface area contributed by atoms with Gasteiger partial charge < -0.3 is 15.4 Å². The highest BCUT2D eigenvalue weighted by Gasteiger charge is 2.49. The molecule has 0 amide bonds. The number of allylic oxidation sites excluding steroid dienone is 4. The molecule has 2 rings (SSSR count). The minimum Gasteiger partial charge on any atom is -0.370 e. The van der Waals surface area contributed by atoms with Crippen LogP contribution in [0.4, 0.5) is 0 Å². The molecule has 4 heteroatoms. The van der Waals surface area contributed by atoms with Crippen LogP contribution in [0.3, 0.4) is 0 Å². The van der Waals surface area contributed by atoms with E-state index in [-0.39, 0.29) is 17.6 Å². The van der Waals surface area contributed by atoms with Crippen molar-refractivity contribution in [1.82, 2.24) is 4.90 Å². The second-order valence-corrected chi connectivity index (χ2v) is 5.37. The van der Waals surface area contributed by atoms with E-state index < -0.39 is 0 Å². The van der Waals surface area contributed by atoms with Crippen LogP contribution < -0.4 is 5.73 Å². The molecule has 1 aliphatic heterocycles. The predicted molar refractivity (Wildman–Crippen MR) is 75.3 cm³/mol. The maximum absolute atomic E-state index is 11.7. The summed E-state index contributed by atoms with van der Waals surface area (Å²) in [5.74, 6) is 0.00613. The lowest BCUT2D eigenvalue weighted by Crippen LogP contribution is -2.54. The number of ketones is 1. The second kappa shape index (κ2) is 5.31. The topological polar surface area (TPSA) is 55.6 Å². The number of carbonyl (C=O) groups excluding carboxylic acids is 1. The molecule has 0 unspecified atom stereocenters. The Morgan fingerprint density at radius 2 is 2.21 bits per heavy atom. The lowest BCUT2D eigenvalue weighted by molar-refractivity contribution is -0.111. The van der Waals surface area contributed by atoms with Gasteiger partial charge in [0, 0.05) is 12.2 Å². The summed E-state index contributed by atoms with van der Waals surface area (Å²) in [6.45, 7) is 8.96. The number of rotatable bonds is 4. The van der Waals surface area contributed by atoms with E-state index in [4.69, 9.17) is 10.5 Å². The zero-order chi connectivity index (χ0) is 14.0. The molecule has 0 bridgehead atoms. The average Bonchev–Trinajstić information content (AvgIpc) is 3.12. The van der Waals surface area contributed by atoms with Crippen molar-refractivity contribution >= 4 is 5.78 Å². The van der Waals surface area contributed by atoms with E-state index >= 15 is 0 Å². The maximum atomic E-state index is 11.7. The summed E-state index contributed by atoms with van der Waals surface area (Å²) in [7, 11) is 0. The molecular formula is C15H22N2O2. The van der Waals surface area contributed by atoms with Gasteiger partial charge in [0.25, 0.3) is 0 Å². The molecule has 0 aromatic heterocycles. The molecule has 1 spiro atoms. The summed E-state index contributed by atoms with van der Waals surface area (Å²) in [4.78, 5) is 13.8. The number of hydrogen-bond acceptors (Lipinski definition) is 4. The van der Waals surface area contributed by atoms with Crippen molar-refractivity contribution in [3.05, 3.63) is 36.1 Å². The summed E-state index contributed by atoms with van der Waals surface area (Å²) >= 11 is 0. The van der Waals surface area contributed by atoms with Gasteiger partial charge in [-0.2, -0.15) is 0 Å². The van der Waals surface area contributed by atoms with Gasteiger partial charge >= 0.3 is 0 Å². The third-order valence-corrected chi connectivity index (χ3v) is 3.69. The maximum Gasteiger partial charge on any atom is 0.181 e. The van der Waals surface area contributed by atoms with Gasteiger partial charge in [0.2, 0.25) is 0 Å². The molecule has 2 N–H and O–H groups in total. The highest BCUT2D eigenvalue weighted by atomic mass is 16.5. The molecule has 1 saturated heterocycles. The van der Waals surface area contributed by atoms with Gasteiger partial charge in [-0.15, -0.1) is 0 Å². The summed E-state index contributed by atoms with van der Waals surface area (Å²) in [5, 5.41) is 0. The van der Waals surface area contributed by atoms with E-state index in [1.807, 2.05) is 17.9 Å². The van der Waals surface area contributed by atoms with Gasteiger partial charge in [-0.25, -0.2) is 0 Å². The fraction of sp³-hybridized carbons (Fsp3) is 0.533. The third-order valence-electron chi connectivity index (χ3n) is 3.69. The first kappa shape index (κ1) is 14.0. The normalized spacial score (nSPS) is 25.9. The molecule has 1 atom stereocenters. The summed E-state index contributed by atoms with van der Waals surface area (Å²) in [6, 6.07) is 0. The summed E-state index contributed by atoms with van der Waals surface area (Å²) in [6.07, 6.45) is 7.10. The molecule has 2 aliphatic rings. The van der Waals surface area contributed by atoms with E-state index in [1.165, 1.54) is 0 Å². The molecular weight excluding hydrogens is 240 g/mol. The Bertz CT molecular complexity index is 447. The van der Waals surface area contributed by atoms with Crippen molar-refractivity contribution in [2.75, 3.05) is 13.2 Å². The number of nitrogens with zero attached hydrogens (tertiary/aromatic N) is 1. The monoisotopic (exact) mass is 262 g/mol. The fourth-order valence-electron chi connectivity index (χ4n) is 2.27. The van der Waals surface area contributed by atoms with Crippen LogP contribution in [0.25, 0.3) is 0 Å². The second-order valence-electron chi connectivity index (χ2n) is 5.37. The molecule has 1 saturated carbocycles. The largest absolute Gasteiger partial charge is 0.370 e. The van der Waals surface area contributed by atoms with Gasteiger partial charge in [-0.3, -0.25) is 4.79 Å². The van der Waals surface area contributed by atoms with Crippen LogP contribution >= 0.6 is 0 Å². The third kappa shape index (κ3) is 3.14. The fourth-order valence-corrected chi connectivity index (χ4v) is 2.27. The standard InChI is InChI=1S/C15H22N2O2/c1-4-5-13(18)11(2)8-12(3)17-10-15(6-7-15)19-9-14(17)16/h4-5,8,14H,3,6-7,9-10,16H2,1-2H3/b5-4-,11-8+/t14-/m0/s1. The zero-order valence-electron chi connectivity index (χ0n) is 11.7. The van der Waals surface area contributed by atoms with Crippen LogP contribution in [0.1, 0.15) is 26.7 Å². The molecule has 2 fully saturated rings. The molecule has 1 aliphatic carbocycles. The highest BCUT2D eigenvalue weighted by molar-refractivity contribution is 6.03. The van der Waals surface area contributed by atoms with E-state index in [1.54, 1.807) is 19.1 Å². The number of nitrogens with two attached hydrogens (primary N) is 1. The Labute approximate surface area is 114 Å². The number of carbonyl (C=O) groups is 1. The van der Waals surface area contributed by atoms with Crippen LogP contribution in [-0.4, -0.2) is 35.6 Å². The predicted octanol–water partition coefficient (Wildman–Crippen LogP) is 1.74. The number of ether oxygens (including phenoxy) is 1. The van der Waals surface area contributed by atoms with Gasteiger partial charge in [0.15, 0.2) is 5.78 Å². The van der Waals surface area contributed by atoms with Crippen molar-refractivity contribution in [1.29, 1.82) is 0 Å². The molecule has 104 valence electrons. The van der Waals surface area contributed by atoms with E-state index in [2.05, 4.69) is 6.58 Å². The zero-order valence-corrected chi connectivity index (χ0v) is 11.7. The smallest absolute Gasteiger partial charge is 0.181 e. The first-order chi connectivity index (χ1) is 8.97. The lowest BCUT2D eigenvalue weighted by atomic mass is 10.1. The van der Waals surface area contributed by atoms with Gasteiger partial charge in [0.05, 0.1) is 12.2 Å². The molecule has 0 radical (unpaired) electrons. The van der Waals surface area contributed by atoms with E-state index in [0.717, 1.165) is 25.1 Å². The van der Waals surface area contributed by atoms with Crippen molar-refractivity contribution in [2.45, 2.75) is 38.5 Å². The Morgan fingerprint density at radius 1 is 1.53 bits per heavy atom. The lowest BCUT2D eigenvalue weighted by Gasteiger charge is -2.40. The molecule has 4 nitrogen and oxygen atoms in total. The molecule has 0 aromatic rings. The van der Waals surface area contributed by atoms with Crippen molar-refractivity contribution < 1.29 is 9.53 Å². The van der Waals surface area contributed by atoms with Crippen molar-refractivity contribution in [3.63, 3.8) is 0 Å². The minimum atomic E-state index is -0.181. The number of morpholine rings is 1. The summed E-state index contributed by atoms with van der Waals surface area (Å²) < 4.78 is 5.75. The van der Waals surface area contributed by atoms with Gasteiger partial charge in [0.1, 0.15) is 6.17 Å². The van der Waals surface area contributed by atoms with Crippen molar-refractivity contribution in [2.24, 2.45) is 5.73 Å². The molecule has 0 aromatic carbocycles. The Kier molecular flexibility index (Phi) is 3.92. The van der Waals surface area contributed by atoms with Crippen LogP contribution in [0.15, 0.2) is 36.1 Å². The average molecular weight is 262 g/mol. The van der Waals surface area contributed by atoms with Gasteiger partial charge in [-0.05, 0) is 44.4 Å². The Hall–Kier alpha value is -1.39. The van der Waals surface area contributed by atoms with E-state index in [9.17, 15) is 4.79 Å². The highest BCUT2D eigenvalue weighted by Crippen LogP contribution is 2.43. The van der Waals surface area contributed by atoms with Crippen LogP contribution in [0, 0.1) is 0 Å². The quantitative estimate of drug-likeness (QED) is 0.619. The number of hydrogen-bond donors (Lipinski definition) is 1. The summed E-state index contributed by atoms with van der Waals surface area (Å²) in [5.41, 5.74) is 7.51. The molecule has 19 heavy (non-hydrogen) atoms.